The molecule has 35 heavy (non-hydrogen) atoms. The fourth-order valence-corrected chi connectivity index (χ4v) is 6.39. The number of fused-ring (bicyclic) bond motifs is 2. The standard InChI is InChI=1S/C28H32FN3O3/c1-2-35-28(34)32-22-9-10-23-19(13-22)14-25-26(16-31-27(25)33)24(23)11-8-21-7-6-18(15-30-21)17-4-3-5-20(29)12-17/h3-8,11-12,15,19,22-26H,2,9-10,13-14,16H2,1H3,(H,31,33)(H,32,34)/t19-,22+,23+,24-,25+,26-/m0/s1. The lowest BCUT2D eigenvalue weighted by Gasteiger charge is -2.47. The number of alkyl carbamates (subject to hydrolysis) is 1. The van der Waals surface area contributed by atoms with Gasteiger partial charge in [0.1, 0.15) is 5.82 Å². The summed E-state index contributed by atoms with van der Waals surface area (Å²) in [6.45, 7) is 2.88. The van der Waals surface area contributed by atoms with E-state index in [1.165, 1.54) is 12.1 Å². The smallest absolute Gasteiger partial charge is 0.407 e. The van der Waals surface area contributed by atoms with Gasteiger partial charge in [-0.15, -0.1) is 0 Å². The van der Waals surface area contributed by atoms with Gasteiger partial charge in [-0.3, -0.25) is 9.78 Å². The van der Waals surface area contributed by atoms with Crippen LogP contribution in [0.15, 0.2) is 48.7 Å². The largest absolute Gasteiger partial charge is 0.450 e. The first-order valence-electron chi connectivity index (χ1n) is 12.6. The SMILES string of the molecule is CCOC(=O)N[C@@H]1CC[C@@H]2[C@@H](C1)C[C@H]1C(=O)NC[C@H]1[C@H]2C=Cc1ccc(-c2cccc(F)c2)cn1. The van der Waals surface area contributed by atoms with Crippen LogP contribution >= 0.6 is 0 Å². The average Bonchev–Trinajstić information content (AvgIpc) is 3.22. The quantitative estimate of drug-likeness (QED) is 0.648. The van der Waals surface area contributed by atoms with Gasteiger partial charge in [-0.2, -0.15) is 0 Å². The molecular weight excluding hydrogens is 445 g/mol. The molecule has 6 atom stereocenters. The Bertz CT molecular complexity index is 1100. The highest BCUT2D eigenvalue weighted by atomic mass is 19.1. The van der Waals surface area contributed by atoms with Gasteiger partial charge in [0, 0.05) is 30.3 Å². The van der Waals surface area contributed by atoms with Gasteiger partial charge in [0.15, 0.2) is 0 Å². The number of rotatable bonds is 5. The summed E-state index contributed by atoms with van der Waals surface area (Å²) in [5.41, 5.74) is 2.52. The van der Waals surface area contributed by atoms with Crippen LogP contribution in [0.25, 0.3) is 17.2 Å². The number of allylic oxidation sites excluding steroid dienone is 1. The second-order valence-corrected chi connectivity index (χ2v) is 9.97. The summed E-state index contributed by atoms with van der Waals surface area (Å²) in [5, 5.41) is 6.09. The molecule has 6 nitrogen and oxygen atoms in total. The van der Waals surface area contributed by atoms with E-state index < -0.39 is 0 Å². The van der Waals surface area contributed by atoms with Crippen molar-refractivity contribution in [2.24, 2.45) is 29.6 Å². The topological polar surface area (TPSA) is 80.3 Å². The van der Waals surface area contributed by atoms with Crippen LogP contribution < -0.4 is 10.6 Å². The summed E-state index contributed by atoms with van der Waals surface area (Å²) in [4.78, 5) is 29.1. The van der Waals surface area contributed by atoms with Crippen molar-refractivity contribution in [2.45, 2.75) is 38.6 Å². The van der Waals surface area contributed by atoms with E-state index in [1.54, 1.807) is 19.2 Å². The molecule has 0 radical (unpaired) electrons. The molecule has 2 aromatic rings. The van der Waals surface area contributed by atoms with Crippen molar-refractivity contribution in [3.63, 3.8) is 0 Å². The zero-order valence-corrected chi connectivity index (χ0v) is 20.0. The second-order valence-electron chi connectivity index (χ2n) is 9.97. The minimum atomic E-state index is -0.354. The van der Waals surface area contributed by atoms with Crippen molar-refractivity contribution in [3.8, 4) is 11.1 Å². The number of hydrogen-bond acceptors (Lipinski definition) is 4. The van der Waals surface area contributed by atoms with E-state index in [-0.39, 0.29) is 35.7 Å². The summed E-state index contributed by atoms with van der Waals surface area (Å²) >= 11 is 0. The molecule has 2 N–H and O–H groups in total. The Morgan fingerprint density at radius 2 is 2.09 bits per heavy atom. The minimum absolute atomic E-state index is 0.0237. The Morgan fingerprint density at radius 1 is 1.20 bits per heavy atom. The Morgan fingerprint density at radius 3 is 2.86 bits per heavy atom. The molecule has 1 aromatic heterocycles. The van der Waals surface area contributed by atoms with Gasteiger partial charge >= 0.3 is 6.09 Å². The number of aromatic nitrogens is 1. The molecule has 3 aliphatic rings. The van der Waals surface area contributed by atoms with Crippen LogP contribution in [0.3, 0.4) is 0 Å². The molecule has 1 aromatic carbocycles. The van der Waals surface area contributed by atoms with Gasteiger partial charge in [-0.05, 0) is 86.1 Å². The number of halogens is 1. The van der Waals surface area contributed by atoms with Crippen LogP contribution in [-0.4, -0.2) is 36.2 Å². The van der Waals surface area contributed by atoms with E-state index in [9.17, 15) is 14.0 Å². The number of nitrogens with zero attached hydrogens (tertiary/aromatic N) is 1. The highest BCUT2D eigenvalue weighted by molar-refractivity contribution is 5.81. The first kappa shape index (κ1) is 23.5. The maximum Gasteiger partial charge on any atom is 0.407 e. The number of nitrogens with one attached hydrogen (secondary N) is 2. The Hall–Kier alpha value is -3.22. The summed E-state index contributed by atoms with van der Waals surface area (Å²) in [6, 6.07) is 10.5. The van der Waals surface area contributed by atoms with Gasteiger partial charge in [-0.25, -0.2) is 9.18 Å². The van der Waals surface area contributed by atoms with E-state index in [0.29, 0.717) is 24.4 Å². The Balaban J connectivity index is 1.31. The first-order chi connectivity index (χ1) is 17.0. The third kappa shape index (κ3) is 5.09. The highest BCUT2D eigenvalue weighted by Crippen LogP contribution is 2.50. The van der Waals surface area contributed by atoms with Crippen molar-refractivity contribution < 1.29 is 18.7 Å². The first-order valence-corrected chi connectivity index (χ1v) is 12.6. The van der Waals surface area contributed by atoms with Crippen LogP contribution in [0, 0.1) is 35.4 Å². The predicted octanol–water partition coefficient (Wildman–Crippen LogP) is 4.81. The lowest BCUT2D eigenvalue weighted by atomic mass is 9.58. The number of amides is 2. The second kappa shape index (κ2) is 10.2. The van der Waals surface area contributed by atoms with Crippen LogP contribution in [-0.2, 0) is 9.53 Å². The van der Waals surface area contributed by atoms with Gasteiger partial charge in [0.05, 0.1) is 12.3 Å². The van der Waals surface area contributed by atoms with Crippen molar-refractivity contribution >= 4 is 18.1 Å². The molecule has 2 aliphatic carbocycles. The number of ether oxygens (including phenoxy) is 1. The van der Waals surface area contributed by atoms with Gasteiger partial charge in [-0.1, -0.05) is 24.3 Å². The summed E-state index contributed by atoms with van der Waals surface area (Å²) in [6.07, 6.45) is 9.42. The lowest BCUT2D eigenvalue weighted by Crippen LogP contribution is -2.47. The number of benzene rings is 1. The van der Waals surface area contributed by atoms with Crippen LogP contribution in [0.5, 0.6) is 0 Å². The number of carbonyl (C=O) groups excluding carboxylic acids is 2. The fraction of sp³-hybridized carbons (Fsp3) is 0.464. The number of hydrogen-bond donors (Lipinski definition) is 2. The van der Waals surface area contributed by atoms with Crippen molar-refractivity contribution in [1.29, 1.82) is 0 Å². The summed E-state index contributed by atoms with van der Waals surface area (Å²) < 4.78 is 18.6. The van der Waals surface area contributed by atoms with Crippen molar-refractivity contribution in [3.05, 3.63) is 60.2 Å². The molecule has 7 heteroatoms. The summed E-state index contributed by atoms with van der Waals surface area (Å²) in [5.74, 6) is 1.36. The molecule has 1 aliphatic heterocycles. The maximum atomic E-state index is 13.6. The third-order valence-corrected chi connectivity index (χ3v) is 7.98. The van der Waals surface area contributed by atoms with Crippen LogP contribution in [0.1, 0.15) is 38.3 Å². The molecule has 2 saturated carbocycles. The van der Waals surface area contributed by atoms with E-state index >= 15 is 0 Å². The molecule has 2 amide bonds. The van der Waals surface area contributed by atoms with E-state index in [2.05, 4.69) is 27.8 Å². The van der Waals surface area contributed by atoms with E-state index in [1.807, 2.05) is 18.2 Å². The summed E-state index contributed by atoms with van der Waals surface area (Å²) in [7, 11) is 0. The van der Waals surface area contributed by atoms with Gasteiger partial charge < -0.3 is 15.4 Å². The van der Waals surface area contributed by atoms with E-state index in [0.717, 1.165) is 49.0 Å². The minimum Gasteiger partial charge on any atom is -0.450 e. The zero-order chi connectivity index (χ0) is 24.4. The van der Waals surface area contributed by atoms with Gasteiger partial charge in [0.25, 0.3) is 0 Å². The Kier molecular flexibility index (Phi) is 6.84. The average molecular weight is 478 g/mol. The Labute approximate surface area is 205 Å². The van der Waals surface area contributed by atoms with Crippen molar-refractivity contribution in [2.75, 3.05) is 13.2 Å². The third-order valence-electron chi connectivity index (χ3n) is 7.98. The lowest BCUT2D eigenvalue weighted by molar-refractivity contribution is -0.125. The normalized spacial score (nSPS) is 29.8. The molecule has 3 fully saturated rings. The molecular formula is C28H32FN3O3. The molecule has 0 unspecified atom stereocenters. The molecule has 184 valence electrons. The predicted molar refractivity (Wildman–Crippen MR) is 132 cm³/mol. The zero-order valence-electron chi connectivity index (χ0n) is 20.0. The molecule has 2 heterocycles. The molecule has 0 spiro atoms. The van der Waals surface area contributed by atoms with E-state index in [4.69, 9.17) is 4.74 Å². The fourth-order valence-electron chi connectivity index (χ4n) is 6.39. The highest BCUT2D eigenvalue weighted by Gasteiger charge is 2.50. The van der Waals surface area contributed by atoms with Crippen LogP contribution in [0.4, 0.5) is 9.18 Å². The van der Waals surface area contributed by atoms with Crippen molar-refractivity contribution in [1.82, 2.24) is 15.6 Å². The molecule has 0 bridgehead atoms. The van der Waals surface area contributed by atoms with Crippen LogP contribution in [0.2, 0.25) is 0 Å². The number of pyridine rings is 1. The number of carbonyl (C=O) groups is 2. The van der Waals surface area contributed by atoms with Gasteiger partial charge in [0.2, 0.25) is 5.91 Å². The molecule has 5 rings (SSSR count). The molecule has 1 saturated heterocycles. The monoisotopic (exact) mass is 477 g/mol. The maximum absolute atomic E-state index is 13.6.